The largest absolute Gasteiger partial charge is 0.400 e. The molecule has 200 valence electrons. The molecule has 0 heterocycles. The molecule has 5 heteroatoms. The summed E-state index contributed by atoms with van der Waals surface area (Å²) in [5.74, 6) is 5.25. The minimum atomic E-state index is -0.505. The van der Waals surface area contributed by atoms with Gasteiger partial charge in [0, 0.05) is 25.3 Å². The molecule has 5 nitrogen and oxygen atoms in total. The van der Waals surface area contributed by atoms with Crippen molar-refractivity contribution in [2.24, 2.45) is 5.92 Å². The maximum absolute atomic E-state index is 11.2. The smallest absolute Gasteiger partial charge is 0.230 e. The average molecular weight is 498 g/mol. The van der Waals surface area contributed by atoms with Gasteiger partial charge < -0.3 is 10.4 Å². The first kappa shape index (κ1) is 39.7. The van der Waals surface area contributed by atoms with Crippen molar-refractivity contribution in [3.63, 3.8) is 0 Å². The van der Waals surface area contributed by atoms with Gasteiger partial charge in [0.2, 0.25) is 5.91 Å². The topological polar surface area (TPSA) is 83.5 Å². The van der Waals surface area contributed by atoms with Gasteiger partial charge in [0.25, 0.3) is 0 Å². The number of allylic oxidation sites excluding steroid dienone is 7. The first-order chi connectivity index (χ1) is 17.1. The number of hydrogen-bond donors (Lipinski definition) is 2. The summed E-state index contributed by atoms with van der Waals surface area (Å²) >= 11 is 0. The van der Waals surface area contributed by atoms with Crippen LogP contribution >= 0.6 is 0 Å². The van der Waals surface area contributed by atoms with E-state index in [4.69, 9.17) is 5.11 Å². The highest BCUT2D eigenvalue weighted by molar-refractivity contribution is 5.99. The Morgan fingerprint density at radius 1 is 0.944 bits per heavy atom. The normalized spacial score (nSPS) is 9.83. The highest BCUT2D eigenvalue weighted by Crippen LogP contribution is 2.04. The van der Waals surface area contributed by atoms with Crippen LogP contribution in [0.15, 0.2) is 72.4 Å². The lowest BCUT2D eigenvalue weighted by atomic mass is 10.1. The fourth-order valence-corrected chi connectivity index (χ4v) is 1.91. The van der Waals surface area contributed by atoms with E-state index in [2.05, 4.69) is 23.7 Å². The van der Waals surface area contributed by atoms with Gasteiger partial charge in [-0.05, 0) is 64.5 Å². The quantitative estimate of drug-likeness (QED) is 0.203. The van der Waals surface area contributed by atoms with Crippen LogP contribution in [-0.4, -0.2) is 36.7 Å². The Morgan fingerprint density at radius 3 is 1.78 bits per heavy atom. The van der Waals surface area contributed by atoms with Crippen molar-refractivity contribution in [3.05, 3.63) is 83.5 Å². The summed E-state index contributed by atoms with van der Waals surface area (Å²) in [6.07, 6.45) is 9.55. The van der Waals surface area contributed by atoms with Crippen molar-refractivity contribution in [2.75, 3.05) is 14.2 Å². The van der Waals surface area contributed by atoms with Gasteiger partial charge in [0.1, 0.15) is 5.78 Å². The van der Waals surface area contributed by atoms with Gasteiger partial charge in [-0.15, -0.1) is 0 Å². The molecule has 0 saturated heterocycles. The van der Waals surface area contributed by atoms with Crippen LogP contribution in [0.1, 0.15) is 78.2 Å². The molecule has 1 unspecified atom stereocenters. The zero-order valence-electron chi connectivity index (χ0n) is 24.2. The van der Waals surface area contributed by atoms with E-state index in [9.17, 15) is 14.4 Å². The molecule has 1 aromatic carbocycles. The Kier molecular flexibility index (Phi) is 30.6. The van der Waals surface area contributed by atoms with Crippen molar-refractivity contribution in [1.82, 2.24) is 5.32 Å². The zero-order chi connectivity index (χ0) is 29.1. The van der Waals surface area contributed by atoms with Gasteiger partial charge in [-0.1, -0.05) is 82.0 Å². The second-order valence-corrected chi connectivity index (χ2v) is 6.80. The van der Waals surface area contributed by atoms with E-state index in [1.807, 2.05) is 71.9 Å². The van der Waals surface area contributed by atoms with Crippen LogP contribution in [0.4, 0.5) is 0 Å². The Labute approximate surface area is 220 Å². The number of amides is 1. The number of nitrogens with one attached hydrogen (secondary N) is 1. The number of aliphatic hydroxyl groups excluding tert-OH is 1. The van der Waals surface area contributed by atoms with Crippen LogP contribution < -0.4 is 5.32 Å². The number of carbonyl (C=O) groups is 3. The zero-order valence-corrected chi connectivity index (χ0v) is 24.2. The van der Waals surface area contributed by atoms with E-state index in [1.54, 1.807) is 38.1 Å². The summed E-state index contributed by atoms with van der Waals surface area (Å²) < 4.78 is 0. The van der Waals surface area contributed by atoms with E-state index in [0.29, 0.717) is 5.56 Å². The minimum absolute atomic E-state index is 0.0643. The Bertz CT molecular complexity index is 904. The van der Waals surface area contributed by atoms with E-state index in [0.717, 1.165) is 18.2 Å². The summed E-state index contributed by atoms with van der Waals surface area (Å²) in [6, 6.07) is 7.29. The number of Topliss-reactive ketones (excluding diaryl/α,β-unsaturated/α-hetero) is 2. The number of aliphatic hydroxyl groups is 1. The number of rotatable bonds is 6. The Morgan fingerprint density at radius 2 is 1.44 bits per heavy atom. The summed E-state index contributed by atoms with van der Waals surface area (Å²) in [7, 11) is 2.52. The maximum Gasteiger partial charge on any atom is 0.230 e. The number of hydrogen-bond acceptors (Lipinski definition) is 4. The molecule has 0 spiro atoms. The van der Waals surface area contributed by atoms with Gasteiger partial charge in [-0.3, -0.25) is 14.4 Å². The molecule has 36 heavy (non-hydrogen) atoms. The molecule has 1 aromatic rings. The van der Waals surface area contributed by atoms with Gasteiger partial charge in [-0.2, -0.15) is 0 Å². The standard InChI is InChI=1S/C20H20O.C6H11NO2.2C2H6.CH4O/c1-5-18(11-10-16(2)3)8-6-7-9-19-12-14-20(15-13-19)17(4)21;1-4(5(2)8)6(9)7-3;3*1-2/h5-6,8,10-15H,1H2,2-4H3;4H,1-3H3,(H,7,9);2*1-2H3;2H,1H3/b8-6+,18-11+;;;;. The van der Waals surface area contributed by atoms with Crippen molar-refractivity contribution >= 4 is 17.5 Å². The Hall–Kier alpha value is -3.49. The van der Waals surface area contributed by atoms with Crippen molar-refractivity contribution in [3.8, 4) is 11.8 Å². The molecule has 0 aliphatic carbocycles. The van der Waals surface area contributed by atoms with E-state index in [1.165, 1.54) is 19.5 Å². The van der Waals surface area contributed by atoms with E-state index < -0.39 is 5.92 Å². The molecule has 1 atom stereocenters. The fraction of sp³-hybridized carbons (Fsp3) is 0.387. The van der Waals surface area contributed by atoms with E-state index >= 15 is 0 Å². The second kappa shape index (κ2) is 27.8. The monoisotopic (exact) mass is 497 g/mol. The minimum Gasteiger partial charge on any atom is -0.400 e. The highest BCUT2D eigenvalue weighted by Gasteiger charge is 2.14. The van der Waals surface area contributed by atoms with Crippen molar-refractivity contribution in [2.45, 2.75) is 62.3 Å². The van der Waals surface area contributed by atoms with Crippen molar-refractivity contribution in [1.29, 1.82) is 0 Å². The molecule has 0 aliphatic heterocycles. The average Bonchev–Trinajstić information content (AvgIpc) is 2.91. The van der Waals surface area contributed by atoms with Crippen molar-refractivity contribution < 1.29 is 19.5 Å². The molecule has 0 aliphatic rings. The maximum atomic E-state index is 11.2. The molecule has 1 amide bonds. The van der Waals surface area contributed by atoms with Crippen LogP contribution in [0, 0.1) is 17.8 Å². The lowest BCUT2D eigenvalue weighted by molar-refractivity contribution is -0.131. The first-order valence-electron chi connectivity index (χ1n) is 12.1. The number of benzene rings is 1. The molecule has 2 N–H and O–H groups in total. The van der Waals surface area contributed by atoms with Crippen LogP contribution in [0.5, 0.6) is 0 Å². The fourth-order valence-electron chi connectivity index (χ4n) is 1.91. The van der Waals surface area contributed by atoms with Gasteiger partial charge in [-0.25, -0.2) is 0 Å². The van der Waals surface area contributed by atoms with Gasteiger partial charge >= 0.3 is 0 Å². The first-order valence-corrected chi connectivity index (χ1v) is 12.1. The molecular formula is C31H47NO4. The summed E-state index contributed by atoms with van der Waals surface area (Å²) in [5, 5.41) is 9.39. The summed E-state index contributed by atoms with van der Waals surface area (Å²) in [5.41, 5.74) is 3.84. The highest BCUT2D eigenvalue weighted by atomic mass is 16.2. The van der Waals surface area contributed by atoms with Crippen LogP contribution in [0.2, 0.25) is 0 Å². The van der Waals surface area contributed by atoms with E-state index in [-0.39, 0.29) is 17.5 Å². The molecule has 0 aromatic heterocycles. The molecule has 0 saturated carbocycles. The third kappa shape index (κ3) is 22.3. The third-order valence-electron chi connectivity index (χ3n) is 3.96. The Balaban J connectivity index is -0.000000286. The molecule has 0 fully saturated rings. The van der Waals surface area contributed by atoms with Gasteiger partial charge in [0.05, 0.1) is 5.92 Å². The number of ketones is 2. The molecular weight excluding hydrogens is 450 g/mol. The SMILES string of the molecule is C=CC(/C=C/C#Cc1ccc(C(C)=O)cc1)=C\C=C(C)C.CC.CC.CNC(=O)C(C)C(C)=O.CO. The molecule has 0 radical (unpaired) electrons. The van der Waals surface area contributed by atoms with Crippen LogP contribution in [-0.2, 0) is 9.59 Å². The third-order valence-corrected chi connectivity index (χ3v) is 3.96. The summed E-state index contributed by atoms with van der Waals surface area (Å²) in [6.45, 7) is 20.4. The molecule has 0 bridgehead atoms. The lowest BCUT2D eigenvalue weighted by Gasteiger charge is -2.03. The number of carbonyl (C=O) groups excluding carboxylic acids is 3. The lowest BCUT2D eigenvalue weighted by Crippen LogP contribution is -2.29. The second-order valence-electron chi connectivity index (χ2n) is 6.80. The molecule has 1 rings (SSSR count). The summed E-state index contributed by atoms with van der Waals surface area (Å²) in [4.78, 5) is 32.3. The van der Waals surface area contributed by atoms with Crippen LogP contribution in [0.25, 0.3) is 0 Å². The van der Waals surface area contributed by atoms with Crippen LogP contribution in [0.3, 0.4) is 0 Å². The predicted molar refractivity (Wildman–Crippen MR) is 155 cm³/mol. The van der Waals surface area contributed by atoms with Gasteiger partial charge in [0.15, 0.2) is 5.78 Å². The predicted octanol–water partition coefficient (Wildman–Crippen LogP) is 6.49.